The van der Waals surface area contributed by atoms with Gasteiger partial charge in [0.1, 0.15) is 5.75 Å². The van der Waals surface area contributed by atoms with Gasteiger partial charge in [0.15, 0.2) is 11.5 Å². The molecule has 0 aliphatic rings. The van der Waals surface area contributed by atoms with Crippen LogP contribution in [0.1, 0.15) is 25.3 Å². The smallest absolute Gasteiger partial charge is 0.161 e. The van der Waals surface area contributed by atoms with E-state index in [2.05, 4.69) is 12.2 Å². The highest BCUT2D eigenvalue weighted by Gasteiger charge is 2.13. The fraction of sp³-hybridized carbons (Fsp3) is 0.412. The minimum atomic E-state index is 0.286. The molecule has 0 amide bonds. The molecule has 2 aromatic rings. The normalized spacial score (nSPS) is 10.7. The van der Waals surface area contributed by atoms with E-state index in [0.29, 0.717) is 11.5 Å². The second-order valence-electron chi connectivity index (χ2n) is 5.10. The van der Waals surface area contributed by atoms with Crippen molar-refractivity contribution in [3.05, 3.63) is 23.8 Å². The van der Waals surface area contributed by atoms with E-state index in [1.54, 1.807) is 20.3 Å². The Labute approximate surface area is 125 Å². The summed E-state index contributed by atoms with van der Waals surface area (Å²) in [7, 11) is 3.24. The SMILES string of the molecule is CCCCNc1c(C)c(O)cc2cc(OC)c(OC)cc12. The minimum absolute atomic E-state index is 0.286. The van der Waals surface area contributed by atoms with Crippen molar-refractivity contribution in [2.45, 2.75) is 26.7 Å². The topological polar surface area (TPSA) is 50.7 Å². The monoisotopic (exact) mass is 289 g/mol. The van der Waals surface area contributed by atoms with Crippen molar-refractivity contribution in [2.75, 3.05) is 26.1 Å². The van der Waals surface area contributed by atoms with Crippen LogP contribution in [0.5, 0.6) is 17.2 Å². The molecule has 0 saturated carbocycles. The van der Waals surface area contributed by atoms with Crippen LogP contribution in [-0.2, 0) is 0 Å². The summed E-state index contributed by atoms with van der Waals surface area (Å²) in [4.78, 5) is 0. The molecule has 114 valence electrons. The van der Waals surface area contributed by atoms with Gasteiger partial charge < -0.3 is 19.9 Å². The summed E-state index contributed by atoms with van der Waals surface area (Å²) in [6, 6.07) is 5.60. The van der Waals surface area contributed by atoms with Gasteiger partial charge in [0.05, 0.1) is 14.2 Å². The van der Waals surface area contributed by atoms with Gasteiger partial charge in [0.2, 0.25) is 0 Å². The number of fused-ring (bicyclic) bond motifs is 1. The number of benzene rings is 2. The third-order valence-electron chi connectivity index (χ3n) is 3.71. The maximum absolute atomic E-state index is 10.1. The van der Waals surface area contributed by atoms with E-state index < -0.39 is 0 Å². The van der Waals surface area contributed by atoms with Gasteiger partial charge in [-0.2, -0.15) is 0 Å². The Morgan fingerprint density at radius 3 is 2.38 bits per heavy atom. The summed E-state index contributed by atoms with van der Waals surface area (Å²) in [5.74, 6) is 1.63. The van der Waals surface area contributed by atoms with Crippen molar-refractivity contribution >= 4 is 16.5 Å². The molecule has 0 bridgehead atoms. The van der Waals surface area contributed by atoms with Crippen molar-refractivity contribution in [1.29, 1.82) is 0 Å². The Bertz CT molecular complexity index is 638. The first kappa shape index (κ1) is 15.3. The van der Waals surface area contributed by atoms with Crippen LogP contribution in [0.15, 0.2) is 18.2 Å². The van der Waals surface area contributed by atoms with Crippen molar-refractivity contribution < 1.29 is 14.6 Å². The van der Waals surface area contributed by atoms with Crippen molar-refractivity contribution in [3.63, 3.8) is 0 Å². The molecule has 0 radical (unpaired) electrons. The Morgan fingerprint density at radius 2 is 1.76 bits per heavy atom. The summed E-state index contributed by atoms with van der Waals surface area (Å²) in [5, 5.41) is 15.5. The standard InChI is InChI=1S/C17H23NO3/c1-5-6-7-18-17-11(2)14(19)8-12-9-15(20-3)16(21-4)10-13(12)17/h8-10,18-19H,5-7H2,1-4H3. The maximum atomic E-state index is 10.1. The quantitative estimate of drug-likeness (QED) is 0.787. The molecule has 0 atom stereocenters. The van der Waals surface area contributed by atoms with Crippen molar-refractivity contribution in [1.82, 2.24) is 0 Å². The van der Waals surface area contributed by atoms with E-state index in [1.165, 1.54) is 0 Å². The number of hydrogen-bond acceptors (Lipinski definition) is 4. The van der Waals surface area contributed by atoms with Gasteiger partial charge in [-0.15, -0.1) is 0 Å². The number of rotatable bonds is 6. The Kier molecular flexibility index (Phi) is 4.78. The third kappa shape index (κ3) is 2.99. The lowest BCUT2D eigenvalue weighted by molar-refractivity contribution is 0.356. The average molecular weight is 289 g/mol. The van der Waals surface area contributed by atoms with E-state index in [9.17, 15) is 5.11 Å². The number of phenols is 1. The largest absolute Gasteiger partial charge is 0.508 e. The van der Waals surface area contributed by atoms with Crippen LogP contribution >= 0.6 is 0 Å². The van der Waals surface area contributed by atoms with Crippen LogP contribution in [0.2, 0.25) is 0 Å². The van der Waals surface area contributed by atoms with E-state index in [1.807, 2.05) is 19.1 Å². The van der Waals surface area contributed by atoms with E-state index >= 15 is 0 Å². The average Bonchev–Trinajstić information content (AvgIpc) is 2.50. The van der Waals surface area contributed by atoms with Gasteiger partial charge in [0, 0.05) is 23.2 Å². The molecule has 2 rings (SSSR count). The van der Waals surface area contributed by atoms with Gasteiger partial charge in [-0.25, -0.2) is 0 Å². The van der Waals surface area contributed by atoms with Gasteiger partial charge in [-0.1, -0.05) is 13.3 Å². The van der Waals surface area contributed by atoms with Gasteiger partial charge in [-0.3, -0.25) is 0 Å². The van der Waals surface area contributed by atoms with E-state index in [0.717, 1.165) is 41.4 Å². The number of nitrogens with one attached hydrogen (secondary N) is 1. The maximum Gasteiger partial charge on any atom is 0.161 e. The molecule has 2 N–H and O–H groups in total. The van der Waals surface area contributed by atoms with Crippen LogP contribution in [0.25, 0.3) is 10.8 Å². The van der Waals surface area contributed by atoms with Gasteiger partial charge >= 0.3 is 0 Å². The summed E-state index contributed by atoms with van der Waals surface area (Å²) in [6.45, 7) is 4.95. The highest BCUT2D eigenvalue weighted by Crippen LogP contribution is 2.40. The Hall–Kier alpha value is -2.10. The molecule has 0 aliphatic heterocycles. The first-order chi connectivity index (χ1) is 10.1. The molecule has 0 saturated heterocycles. The van der Waals surface area contributed by atoms with E-state index in [-0.39, 0.29) is 5.75 Å². The Balaban J connectivity index is 2.60. The third-order valence-corrected chi connectivity index (χ3v) is 3.71. The van der Waals surface area contributed by atoms with Crippen LogP contribution in [-0.4, -0.2) is 25.9 Å². The van der Waals surface area contributed by atoms with Gasteiger partial charge in [0.25, 0.3) is 0 Å². The zero-order valence-electron chi connectivity index (χ0n) is 13.1. The first-order valence-electron chi connectivity index (χ1n) is 7.24. The molecule has 4 nitrogen and oxygen atoms in total. The summed E-state index contributed by atoms with van der Waals surface area (Å²) in [5.41, 5.74) is 1.81. The number of phenolic OH excluding ortho intramolecular Hbond substituents is 1. The molecule has 0 aromatic heterocycles. The zero-order valence-corrected chi connectivity index (χ0v) is 13.1. The van der Waals surface area contributed by atoms with Crippen molar-refractivity contribution in [3.8, 4) is 17.2 Å². The zero-order chi connectivity index (χ0) is 15.4. The predicted octanol–water partition coefficient (Wildman–Crippen LogP) is 4.08. The number of unbranched alkanes of at least 4 members (excludes halogenated alkanes) is 1. The van der Waals surface area contributed by atoms with Crippen LogP contribution in [0, 0.1) is 6.92 Å². The first-order valence-corrected chi connectivity index (χ1v) is 7.24. The van der Waals surface area contributed by atoms with Crippen LogP contribution in [0.4, 0.5) is 5.69 Å². The molecule has 0 aliphatic carbocycles. The minimum Gasteiger partial charge on any atom is -0.508 e. The summed E-state index contributed by atoms with van der Waals surface area (Å²) in [6.07, 6.45) is 2.21. The number of hydrogen-bond donors (Lipinski definition) is 2. The van der Waals surface area contributed by atoms with Crippen molar-refractivity contribution in [2.24, 2.45) is 0 Å². The Morgan fingerprint density at radius 1 is 1.10 bits per heavy atom. The highest BCUT2D eigenvalue weighted by molar-refractivity contribution is 5.99. The van der Waals surface area contributed by atoms with Crippen LogP contribution in [0.3, 0.4) is 0 Å². The molecule has 4 heteroatoms. The number of anilines is 1. The molecular formula is C17H23NO3. The molecular weight excluding hydrogens is 266 g/mol. The lowest BCUT2D eigenvalue weighted by atomic mass is 10.0. The predicted molar refractivity (Wildman–Crippen MR) is 86.9 cm³/mol. The number of methoxy groups -OCH3 is 2. The van der Waals surface area contributed by atoms with Gasteiger partial charge in [-0.05, 0) is 36.9 Å². The molecule has 0 spiro atoms. The molecule has 0 unspecified atom stereocenters. The lowest BCUT2D eigenvalue weighted by Crippen LogP contribution is -2.04. The molecule has 2 aromatic carbocycles. The fourth-order valence-electron chi connectivity index (χ4n) is 2.43. The van der Waals surface area contributed by atoms with Crippen LogP contribution < -0.4 is 14.8 Å². The second-order valence-corrected chi connectivity index (χ2v) is 5.10. The highest BCUT2D eigenvalue weighted by atomic mass is 16.5. The fourth-order valence-corrected chi connectivity index (χ4v) is 2.43. The molecule has 0 heterocycles. The summed E-state index contributed by atoms with van der Waals surface area (Å²) >= 11 is 0. The number of aromatic hydroxyl groups is 1. The lowest BCUT2D eigenvalue weighted by Gasteiger charge is -2.16. The second kappa shape index (κ2) is 6.57. The molecule has 0 fully saturated rings. The number of ether oxygens (including phenoxy) is 2. The van der Waals surface area contributed by atoms with E-state index in [4.69, 9.17) is 9.47 Å². The molecule has 21 heavy (non-hydrogen) atoms. The summed E-state index contributed by atoms with van der Waals surface area (Å²) < 4.78 is 10.7.